The van der Waals surface area contributed by atoms with Crippen molar-refractivity contribution >= 4 is 150 Å². The summed E-state index contributed by atoms with van der Waals surface area (Å²) in [6, 6.07) is 26.5. The van der Waals surface area contributed by atoms with Crippen LogP contribution >= 0.6 is 75.2 Å². The highest BCUT2D eigenvalue weighted by Gasteiger charge is 2.36. The van der Waals surface area contributed by atoms with E-state index in [2.05, 4.69) is 88.9 Å². The Bertz CT molecular complexity index is 2140. The standard InChI is InChI=1S/C30H15OPS6/c31-32(28-13-19-16-7-10-33-22(16)1-4-25(19)36-28,29-14-20-17-8-11-34-23(17)2-5-26(20)37-29)30-15-21-18-9-12-35-24(18)3-6-27(21)38-30/h1-15H. The number of fused-ring (bicyclic) bond motifs is 9. The summed E-state index contributed by atoms with van der Waals surface area (Å²) in [6.07, 6.45) is 0. The third kappa shape index (κ3) is 3.04. The molecule has 0 saturated carbocycles. The average molecular weight is 615 g/mol. The molecule has 9 rings (SSSR count). The Hall–Kier alpha value is -2.35. The average Bonchev–Trinajstić information content (AvgIpc) is 3.74. The lowest BCUT2D eigenvalue weighted by Gasteiger charge is -2.13. The second kappa shape index (κ2) is 8.09. The zero-order valence-corrected chi connectivity index (χ0v) is 25.3. The molecule has 182 valence electrons. The number of thiophene rings is 6. The van der Waals surface area contributed by atoms with Crippen LogP contribution in [0.3, 0.4) is 0 Å². The van der Waals surface area contributed by atoms with Gasteiger partial charge in [-0.1, -0.05) is 0 Å². The molecule has 0 atom stereocenters. The molecular formula is C30H15OPS6. The van der Waals surface area contributed by atoms with Gasteiger partial charge in [-0.2, -0.15) is 0 Å². The predicted octanol–water partition coefficient (Wildman–Crippen LogP) is 10.6. The van der Waals surface area contributed by atoms with Crippen LogP contribution in [0, 0.1) is 0 Å². The van der Waals surface area contributed by atoms with E-state index in [0.717, 1.165) is 13.9 Å². The van der Waals surface area contributed by atoms with Crippen molar-refractivity contribution in [2.75, 3.05) is 0 Å². The molecule has 0 aliphatic heterocycles. The quantitative estimate of drug-likeness (QED) is 0.181. The van der Waals surface area contributed by atoms with E-state index < -0.39 is 7.14 Å². The second-order valence-electron chi connectivity index (χ2n) is 9.29. The minimum atomic E-state index is -3.11. The van der Waals surface area contributed by atoms with Crippen molar-refractivity contribution in [3.63, 3.8) is 0 Å². The molecule has 0 aliphatic rings. The van der Waals surface area contributed by atoms with Crippen LogP contribution in [0.2, 0.25) is 0 Å². The monoisotopic (exact) mass is 614 g/mol. The van der Waals surface area contributed by atoms with E-state index in [-0.39, 0.29) is 0 Å². The molecule has 0 spiro atoms. The van der Waals surface area contributed by atoms with Crippen LogP contribution in [0.25, 0.3) is 60.5 Å². The molecule has 8 heteroatoms. The smallest absolute Gasteiger partial charge is 0.199 e. The van der Waals surface area contributed by atoms with Crippen molar-refractivity contribution in [3.8, 4) is 0 Å². The third-order valence-electron chi connectivity index (χ3n) is 7.29. The Labute approximate surface area is 241 Å². The van der Waals surface area contributed by atoms with E-state index in [1.807, 2.05) is 0 Å². The SMILES string of the molecule is O=P(c1cc2c(ccc3sccc32)s1)(c1cc2c(ccc3sccc32)s1)c1cc2c(ccc3sccc32)s1. The van der Waals surface area contributed by atoms with Crippen LogP contribution in [-0.4, -0.2) is 0 Å². The minimum absolute atomic E-state index is 0.979. The summed E-state index contributed by atoms with van der Waals surface area (Å²) in [6.45, 7) is 0. The van der Waals surface area contributed by atoms with Gasteiger partial charge in [0.1, 0.15) is 0 Å². The molecule has 0 bridgehead atoms. The number of hydrogen-bond acceptors (Lipinski definition) is 7. The highest BCUT2D eigenvalue weighted by Crippen LogP contribution is 2.52. The third-order valence-corrected chi connectivity index (χ3v) is 18.0. The molecule has 0 saturated heterocycles. The summed E-state index contributed by atoms with van der Waals surface area (Å²) in [5.74, 6) is 0. The summed E-state index contributed by atoms with van der Waals surface area (Å²) >= 11 is 10.4. The predicted molar refractivity (Wildman–Crippen MR) is 178 cm³/mol. The number of rotatable bonds is 3. The van der Waals surface area contributed by atoms with Crippen molar-refractivity contribution in [3.05, 3.63) is 88.9 Å². The largest absolute Gasteiger partial charge is 0.306 e. The fourth-order valence-corrected chi connectivity index (χ4v) is 16.6. The first-order valence-electron chi connectivity index (χ1n) is 12.0. The Kier molecular flexibility index (Phi) is 4.78. The molecule has 0 N–H and O–H groups in total. The summed E-state index contributed by atoms with van der Waals surface area (Å²) in [4.78, 5) is 0. The first kappa shape index (κ1) is 22.5. The van der Waals surface area contributed by atoms with E-state index in [0.29, 0.717) is 0 Å². The van der Waals surface area contributed by atoms with Crippen molar-refractivity contribution in [2.45, 2.75) is 0 Å². The van der Waals surface area contributed by atoms with E-state index in [1.54, 1.807) is 68.0 Å². The molecule has 0 fully saturated rings. The summed E-state index contributed by atoms with van der Waals surface area (Å²) in [5.41, 5.74) is 0. The lowest BCUT2D eigenvalue weighted by molar-refractivity contribution is 0.593. The molecule has 1 nitrogen and oxygen atoms in total. The summed E-state index contributed by atoms with van der Waals surface area (Å²) < 4.78 is 26.2. The van der Waals surface area contributed by atoms with E-state index >= 15 is 4.57 Å². The molecule has 0 amide bonds. The second-order valence-corrected chi connectivity index (χ2v) is 19.0. The molecule has 0 radical (unpaired) electrons. The first-order valence-corrected chi connectivity index (χ1v) is 18.8. The minimum Gasteiger partial charge on any atom is -0.306 e. The van der Waals surface area contributed by atoms with Crippen molar-refractivity contribution in [1.82, 2.24) is 0 Å². The molecule has 0 aliphatic carbocycles. The fraction of sp³-hybridized carbons (Fsp3) is 0. The van der Waals surface area contributed by atoms with Crippen LogP contribution < -0.4 is 13.9 Å². The van der Waals surface area contributed by atoms with Gasteiger partial charge in [-0.05, 0) is 88.9 Å². The molecular weight excluding hydrogens is 600 g/mol. The van der Waals surface area contributed by atoms with E-state index in [1.165, 1.54) is 60.5 Å². The molecule has 38 heavy (non-hydrogen) atoms. The maximum Gasteiger partial charge on any atom is 0.199 e. The number of benzene rings is 3. The fourth-order valence-electron chi connectivity index (χ4n) is 5.44. The maximum absolute atomic E-state index is 15.8. The van der Waals surface area contributed by atoms with Crippen molar-refractivity contribution in [2.24, 2.45) is 0 Å². The van der Waals surface area contributed by atoms with Gasteiger partial charge >= 0.3 is 0 Å². The lowest BCUT2D eigenvalue weighted by Crippen LogP contribution is -2.19. The summed E-state index contributed by atoms with van der Waals surface area (Å²) in [7, 11) is -3.11. The highest BCUT2D eigenvalue weighted by atomic mass is 32.1. The van der Waals surface area contributed by atoms with Crippen LogP contribution in [0.5, 0.6) is 0 Å². The number of hydrogen-bond donors (Lipinski definition) is 0. The topological polar surface area (TPSA) is 17.1 Å². The van der Waals surface area contributed by atoms with Crippen molar-refractivity contribution < 1.29 is 4.57 Å². The molecule has 3 aromatic carbocycles. The van der Waals surface area contributed by atoms with Gasteiger partial charge < -0.3 is 4.57 Å². The highest BCUT2D eigenvalue weighted by molar-refractivity contribution is 7.96. The van der Waals surface area contributed by atoms with Gasteiger partial charge in [-0.15, -0.1) is 68.0 Å². The van der Waals surface area contributed by atoms with Gasteiger partial charge in [0, 0.05) is 60.5 Å². The Balaban J connectivity index is 1.38. The molecule has 9 aromatic rings. The van der Waals surface area contributed by atoms with Crippen LogP contribution in [0.4, 0.5) is 0 Å². The maximum atomic E-state index is 15.8. The normalized spacial score (nSPS) is 12.8. The molecule has 6 aromatic heterocycles. The van der Waals surface area contributed by atoms with Crippen LogP contribution in [-0.2, 0) is 4.57 Å². The van der Waals surface area contributed by atoms with Gasteiger partial charge in [-0.25, -0.2) is 0 Å². The van der Waals surface area contributed by atoms with Gasteiger partial charge in [0.2, 0.25) is 0 Å². The zero-order valence-electron chi connectivity index (χ0n) is 19.5. The zero-order chi connectivity index (χ0) is 25.0. The Morgan fingerprint density at radius 2 is 0.711 bits per heavy atom. The van der Waals surface area contributed by atoms with E-state index in [9.17, 15) is 0 Å². The summed E-state index contributed by atoms with van der Waals surface area (Å²) in [5, 5.41) is 13.9. The Morgan fingerprint density at radius 1 is 0.395 bits per heavy atom. The molecule has 6 heterocycles. The molecule has 0 unspecified atom stereocenters. The van der Waals surface area contributed by atoms with Gasteiger partial charge in [0.05, 0.1) is 13.9 Å². The van der Waals surface area contributed by atoms with Crippen LogP contribution in [0.1, 0.15) is 0 Å². The Morgan fingerprint density at radius 3 is 1.05 bits per heavy atom. The lowest BCUT2D eigenvalue weighted by atomic mass is 10.2. The van der Waals surface area contributed by atoms with Gasteiger partial charge in [0.25, 0.3) is 0 Å². The van der Waals surface area contributed by atoms with Crippen molar-refractivity contribution in [1.29, 1.82) is 0 Å². The first-order chi connectivity index (χ1) is 18.7. The van der Waals surface area contributed by atoms with Crippen LogP contribution in [0.15, 0.2) is 88.9 Å². The van der Waals surface area contributed by atoms with Gasteiger partial charge in [-0.3, -0.25) is 0 Å². The van der Waals surface area contributed by atoms with E-state index in [4.69, 9.17) is 0 Å². The van der Waals surface area contributed by atoms with Gasteiger partial charge in [0.15, 0.2) is 7.14 Å².